The van der Waals surface area contributed by atoms with Crippen molar-refractivity contribution in [3.8, 4) is 0 Å². The molecule has 4 aromatic rings. The monoisotopic (exact) mass is 616 g/mol. The largest absolute Gasteiger partial charge is 0.371 e. The van der Waals surface area contributed by atoms with Crippen LogP contribution in [0.4, 0.5) is 32.1 Å². The topological polar surface area (TPSA) is 118 Å². The minimum Gasteiger partial charge on any atom is -0.371 e. The Hall–Kier alpha value is -3.52. The van der Waals surface area contributed by atoms with E-state index in [1.165, 1.54) is 36.9 Å². The molecule has 4 N–H and O–H groups in total. The molecule has 42 heavy (non-hydrogen) atoms. The molecular formula is C28H28Cl2F2N8O2. The normalized spacial score (nSPS) is 18.5. The van der Waals surface area contributed by atoms with E-state index in [4.69, 9.17) is 32.7 Å². The van der Waals surface area contributed by atoms with Crippen molar-refractivity contribution in [1.82, 2.24) is 30.6 Å². The zero-order valence-electron chi connectivity index (χ0n) is 22.3. The first-order valence-electron chi connectivity index (χ1n) is 13.2. The average Bonchev–Trinajstić information content (AvgIpc) is 3.02. The van der Waals surface area contributed by atoms with Gasteiger partial charge in [0.05, 0.1) is 71.6 Å². The second-order valence-electron chi connectivity index (χ2n) is 9.31. The molecule has 10 nitrogen and oxygen atoms in total. The number of hydrogen-bond acceptors (Lipinski definition) is 10. The number of rotatable bonds is 6. The number of halogens is 4. The fourth-order valence-corrected chi connectivity index (χ4v) is 4.41. The van der Waals surface area contributed by atoms with Crippen molar-refractivity contribution in [2.45, 2.75) is 12.2 Å². The van der Waals surface area contributed by atoms with E-state index in [0.717, 1.165) is 24.2 Å². The predicted molar refractivity (Wildman–Crippen MR) is 157 cm³/mol. The Bertz CT molecular complexity index is 1340. The van der Waals surface area contributed by atoms with Crippen LogP contribution in [0, 0.1) is 11.6 Å². The number of benzene rings is 2. The molecule has 2 fully saturated rings. The highest BCUT2D eigenvalue weighted by molar-refractivity contribution is 6.30. The molecule has 0 amide bonds. The van der Waals surface area contributed by atoms with Crippen molar-refractivity contribution in [3.05, 3.63) is 94.0 Å². The first-order valence-corrected chi connectivity index (χ1v) is 13.9. The van der Waals surface area contributed by atoms with Gasteiger partial charge in [0.25, 0.3) is 0 Å². The van der Waals surface area contributed by atoms with E-state index < -0.39 is 0 Å². The first kappa shape index (κ1) is 30.0. The summed E-state index contributed by atoms with van der Waals surface area (Å²) in [6, 6.07) is 9.91. The fourth-order valence-electron chi connectivity index (χ4n) is 4.22. The molecule has 14 heteroatoms. The van der Waals surface area contributed by atoms with Gasteiger partial charge in [0.2, 0.25) is 11.9 Å². The SMILES string of the molecule is Fc1cc([C@@H]2CNCCO2)ccc1Nc1ncc(Cl)cn1.Fc1cc([C@H]2CNCCO2)ccc1Nc1ncc(Cl)cn1. The van der Waals surface area contributed by atoms with E-state index in [0.29, 0.717) is 59.6 Å². The summed E-state index contributed by atoms with van der Waals surface area (Å²) >= 11 is 11.4. The van der Waals surface area contributed by atoms with Gasteiger partial charge < -0.3 is 30.7 Å². The lowest BCUT2D eigenvalue weighted by Gasteiger charge is -2.24. The standard InChI is InChI=1S/2C14H14ClFN4O/c2*15-10-6-18-14(19-7-10)20-12-2-1-9(5-11(12)16)13-8-17-3-4-21-13/h2*1-2,5-7,13,17H,3-4,8H2,(H,18,19,20)/t2*13-/m10/s1. The summed E-state index contributed by atoms with van der Waals surface area (Å²) in [7, 11) is 0. The van der Waals surface area contributed by atoms with Crippen LogP contribution in [0.3, 0.4) is 0 Å². The summed E-state index contributed by atoms with van der Waals surface area (Å²) in [6.45, 7) is 4.29. The summed E-state index contributed by atoms with van der Waals surface area (Å²) < 4.78 is 39.5. The third-order valence-electron chi connectivity index (χ3n) is 6.32. The van der Waals surface area contributed by atoms with Gasteiger partial charge in [-0.15, -0.1) is 0 Å². The van der Waals surface area contributed by atoms with Crippen molar-refractivity contribution in [2.24, 2.45) is 0 Å². The summed E-state index contributed by atoms with van der Waals surface area (Å²) in [5.74, 6) is -0.163. The van der Waals surface area contributed by atoms with Crippen molar-refractivity contribution >= 4 is 46.5 Å². The van der Waals surface area contributed by atoms with E-state index >= 15 is 0 Å². The Balaban J connectivity index is 0.000000168. The van der Waals surface area contributed by atoms with E-state index in [9.17, 15) is 8.78 Å². The van der Waals surface area contributed by atoms with Crippen molar-refractivity contribution in [3.63, 3.8) is 0 Å². The smallest absolute Gasteiger partial charge is 0.227 e. The van der Waals surface area contributed by atoms with Gasteiger partial charge in [-0.25, -0.2) is 28.7 Å². The van der Waals surface area contributed by atoms with Crippen LogP contribution in [0.5, 0.6) is 0 Å². The van der Waals surface area contributed by atoms with Crippen LogP contribution in [0.15, 0.2) is 61.2 Å². The summed E-state index contributed by atoms with van der Waals surface area (Å²) in [5.41, 5.74) is 2.24. The van der Waals surface area contributed by atoms with Crippen LogP contribution in [0.25, 0.3) is 0 Å². The zero-order valence-corrected chi connectivity index (χ0v) is 23.8. The van der Waals surface area contributed by atoms with Crippen LogP contribution >= 0.6 is 23.2 Å². The van der Waals surface area contributed by atoms with E-state index in [2.05, 4.69) is 41.2 Å². The second kappa shape index (κ2) is 14.6. The van der Waals surface area contributed by atoms with E-state index in [-0.39, 0.29) is 23.8 Å². The van der Waals surface area contributed by atoms with Crippen LogP contribution < -0.4 is 21.3 Å². The molecule has 2 aliphatic rings. The predicted octanol–water partition coefficient (Wildman–Crippen LogP) is 5.35. The number of hydrogen-bond donors (Lipinski definition) is 4. The molecule has 0 saturated carbocycles. The lowest BCUT2D eigenvalue weighted by Crippen LogP contribution is -2.33. The van der Waals surface area contributed by atoms with Gasteiger partial charge in [-0.3, -0.25) is 0 Å². The Labute approximate surface area is 251 Å². The first-order chi connectivity index (χ1) is 20.4. The molecular weight excluding hydrogens is 589 g/mol. The van der Waals surface area contributed by atoms with Gasteiger partial charge in [0.15, 0.2) is 0 Å². The molecule has 0 spiro atoms. The highest BCUT2D eigenvalue weighted by atomic mass is 35.5. The van der Waals surface area contributed by atoms with Gasteiger partial charge >= 0.3 is 0 Å². The molecule has 2 aliphatic heterocycles. The summed E-state index contributed by atoms with van der Waals surface area (Å²) in [6.07, 6.45) is 5.56. The average molecular weight is 617 g/mol. The highest BCUT2D eigenvalue weighted by Crippen LogP contribution is 2.26. The summed E-state index contributed by atoms with van der Waals surface area (Å²) in [5, 5.41) is 12.9. The van der Waals surface area contributed by atoms with Gasteiger partial charge in [0.1, 0.15) is 11.6 Å². The Kier molecular flexibility index (Phi) is 10.4. The Morgan fingerprint density at radius 2 is 1.07 bits per heavy atom. The molecule has 2 aromatic heterocycles. The lowest BCUT2D eigenvalue weighted by molar-refractivity contribution is 0.0275. The Morgan fingerprint density at radius 1 is 0.667 bits per heavy atom. The molecule has 2 saturated heterocycles. The number of aromatic nitrogens is 4. The van der Waals surface area contributed by atoms with Gasteiger partial charge in [0, 0.05) is 26.2 Å². The van der Waals surface area contributed by atoms with Crippen LogP contribution in [0.1, 0.15) is 23.3 Å². The second-order valence-corrected chi connectivity index (χ2v) is 10.2. The van der Waals surface area contributed by atoms with Crippen molar-refractivity contribution in [2.75, 3.05) is 50.0 Å². The minimum atomic E-state index is -0.375. The maximum absolute atomic E-state index is 14.1. The number of anilines is 4. The van der Waals surface area contributed by atoms with E-state index in [1.54, 1.807) is 12.1 Å². The van der Waals surface area contributed by atoms with Gasteiger partial charge in [-0.05, 0) is 35.4 Å². The van der Waals surface area contributed by atoms with Gasteiger partial charge in [-0.2, -0.15) is 0 Å². The third-order valence-corrected chi connectivity index (χ3v) is 6.71. The lowest BCUT2D eigenvalue weighted by atomic mass is 10.1. The summed E-state index contributed by atoms with van der Waals surface area (Å²) in [4.78, 5) is 15.9. The number of ether oxygens (including phenoxy) is 2. The van der Waals surface area contributed by atoms with Crippen molar-refractivity contribution in [1.29, 1.82) is 0 Å². The van der Waals surface area contributed by atoms with Crippen molar-refractivity contribution < 1.29 is 18.3 Å². The number of nitrogens with zero attached hydrogens (tertiary/aromatic N) is 4. The maximum atomic E-state index is 14.1. The zero-order chi connectivity index (χ0) is 29.3. The van der Waals surface area contributed by atoms with E-state index in [1.807, 2.05) is 12.1 Å². The van der Waals surface area contributed by atoms with Crippen LogP contribution in [-0.2, 0) is 9.47 Å². The molecule has 0 aliphatic carbocycles. The molecule has 6 rings (SSSR count). The van der Waals surface area contributed by atoms with Crippen LogP contribution in [0.2, 0.25) is 10.0 Å². The van der Waals surface area contributed by atoms with Gasteiger partial charge in [-0.1, -0.05) is 35.3 Å². The molecule has 0 bridgehead atoms. The minimum absolute atomic E-state index is 0.117. The highest BCUT2D eigenvalue weighted by Gasteiger charge is 2.18. The fraction of sp³-hybridized carbons (Fsp3) is 0.286. The molecule has 0 radical (unpaired) electrons. The molecule has 2 aromatic carbocycles. The quantitative estimate of drug-likeness (QED) is 0.226. The third kappa shape index (κ3) is 8.28. The number of nitrogens with one attached hydrogen (secondary N) is 4. The molecule has 2 atom stereocenters. The maximum Gasteiger partial charge on any atom is 0.227 e. The molecule has 220 valence electrons. The molecule has 4 heterocycles. The number of morpholine rings is 2. The molecule has 0 unspecified atom stereocenters. The Morgan fingerprint density at radius 3 is 1.40 bits per heavy atom. The van der Waals surface area contributed by atoms with Crippen LogP contribution in [-0.4, -0.2) is 59.3 Å².